The molecule has 4 heteroatoms. The number of hydrogen-bond acceptors (Lipinski definition) is 4. The highest BCUT2D eigenvalue weighted by molar-refractivity contribution is 5.62. The van der Waals surface area contributed by atoms with E-state index in [1.165, 1.54) is 0 Å². The molecule has 4 nitrogen and oxygen atoms in total. The van der Waals surface area contributed by atoms with Crippen LogP contribution in [0.1, 0.15) is 12.5 Å². The molecule has 0 aliphatic carbocycles. The standard InChI is InChI=1S/C11H16N2O2/c1-8(12)4-5-9-10(14-2)6-7-13-11(9)15-3/h4-8H,12H2,1-3H3/b5-4+. The summed E-state index contributed by atoms with van der Waals surface area (Å²) in [4.78, 5) is 4.09. The van der Waals surface area contributed by atoms with Crippen LogP contribution in [0.4, 0.5) is 0 Å². The molecule has 1 heterocycles. The molecule has 0 spiro atoms. The number of hydrogen-bond donors (Lipinski definition) is 1. The second-order valence-corrected chi connectivity index (χ2v) is 3.15. The van der Waals surface area contributed by atoms with Crippen molar-refractivity contribution in [2.24, 2.45) is 5.73 Å². The van der Waals surface area contributed by atoms with Crippen LogP contribution in [0.2, 0.25) is 0 Å². The predicted molar refractivity (Wildman–Crippen MR) is 60.0 cm³/mol. The van der Waals surface area contributed by atoms with E-state index in [4.69, 9.17) is 15.2 Å². The Balaban J connectivity index is 3.10. The second kappa shape index (κ2) is 5.36. The zero-order valence-corrected chi connectivity index (χ0v) is 9.23. The lowest BCUT2D eigenvalue weighted by atomic mass is 10.2. The fraction of sp³-hybridized carbons (Fsp3) is 0.364. The van der Waals surface area contributed by atoms with Crippen LogP contribution in [0, 0.1) is 0 Å². The first-order valence-electron chi connectivity index (χ1n) is 4.69. The van der Waals surface area contributed by atoms with E-state index < -0.39 is 0 Å². The number of pyridine rings is 1. The van der Waals surface area contributed by atoms with Gasteiger partial charge in [-0.1, -0.05) is 6.08 Å². The lowest BCUT2D eigenvalue weighted by Gasteiger charge is -2.08. The molecule has 15 heavy (non-hydrogen) atoms. The summed E-state index contributed by atoms with van der Waals surface area (Å²) in [5, 5.41) is 0. The first-order chi connectivity index (χ1) is 7.19. The Hall–Kier alpha value is -1.55. The van der Waals surface area contributed by atoms with Gasteiger partial charge in [-0.05, 0) is 19.1 Å². The lowest BCUT2D eigenvalue weighted by molar-refractivity contribution is 0.380. The Morgan fingerprint density at radius 1 is 1.40 bits per heavy atom. The topological polar surface area (TPSA) is 57.4 Å². The minimum absolute atomic E-state index is 0.0142. The van der Waals surface area contributed by atoms with Crippen molar-refractivity contribution < 1.29 is 9.47 Å². The Labute approximate surface area is 89.7 Å². The predicted octanol–water partition coefficient (Wildman–Crippen LogP) is 1.46. The summed E-state index contributed by atoms with van der Waals surface area (Å²) >= 11 is 0. The molecule has 1 rings (SSSR count). The van der Waals surface area contributed by atoms with Crippen molar-refractivity contribution in [1.29, 1.82) is 0 Å². The molecule has 0 saturated heterocycles. The van der Waals surface area contributed by atoms with Crippen molar-refractivity contribution in [3.05, 3.63) is 23.9 Å². The Bertz CT molecular complexity index is 326. The molecule has 2 N–H and O–H groups in total. The van der Waals surface area contributed by atoms with Crippen molar-refractivity contribution in [2.75, 3.05) is 14.2 Å². The summed E-state index contributed by atoms with van der Waals surface area (Å²) in [5.41, 5.74) is 6.44. The Morgan fingerprint density at radius 2 is 2.13 bits per heavy atom. The van der Waals surface area contributed by atoms with Crippen LogP contribution in [-0.2, 0) is 0 Å². The zero-order valence-electron chi connectivity index (χ0n) is 9.23. The molecule has 0 aromatic carbocycles. The minimum atomic E-state index is -0.0142. The molecule has 1 aromatic rings. The highest BCUT2D eigenvalue weighted by Crippen LogP contribution is 2.27. The summed E-state index contributed by atoms with van der Waals surface area (Å²) in [6.45, 7) is 1.89. The molecule has 1 atom stereocenters. The van der Waals surface area contributed by atoms with Gasteiger partial charge in [-0.3, -0.25) is 0 Å². The van der Waals surface area contributed by atoms with E-state index >= 15 is 0 Å². The van der Waals surface area contributed by atoms with Gasteiger partial charge in [-0.25, -0.2) is 4.98 Å². The fourth-order valence-electron chi connectivity index (χ4n) is 1.18. The first kappa shape index (κ1) is 11.5. The van der Waals surface area contributed by atoms with Gasteiger partial charge in [-0.15, -0.1) is 0 Å². The van der Waals surface area contributed by atoms with Crippen LogP contribution >= 0.6 is 0 Å². The number of ether oxygens (including phenoxy) is 2. The maximum Gasteiger partial charge on any atom is 0.224 e. The third-order valence-corrected chi connectivity index (χ3v) is 1.89. The zero-order chi connectivity index (χ0) is 11.3. The molecule has 0 radical (unpaired) electrons. The van der Waals surface area contributed by atoms with E-state index in [9.17, 15) is 0 Å². The number of methoxy groups -OCH3 is 2. The third-order valence-electron chi connectivity index (χ3n) is 1.89. The maximum absolute atomic E-state index is 5.63. The van der Waals surface area contributed by atoms with Crippen molar-refractivity contribution in [1.82, 2.24) is 4.98 Å². The van der Waals surface area contributed by atoms with Gasteiger partial charge in [0.25, 0.3) is 0 Å². The number of nitrogens with zero attached hydrogens (tertiary/aromatic N) is 1. The molecule has 0 bridgehead atoms. The van der Waals surface area contributed by atoms with Crippen molar-refractivity contribution in [3.63, 3.8) is 0 Å². The average molecular weight is 208 g/mol. The van der Waals surface area contributed by atoms with Gasteiger partial charge < -0.3 is 15.2 Å². The number of nitrogens with two attached hydrogens (primary N) is 1. The van der Waals surface area contributed by atoms with Gasteiger partial charge >= 0.3 is 0 Å². The molecular formula is C11H16N2O2. The van der Waals surface area contributed by atoms with Crippen LogP contribution in [0.15, 0.2) is 18.3 Å². The summed E-state index contributed by atoms with van der Waals surface area (Å²) < 4.78 is 10.3. The lowest BCUT2D eigenvalue weighted by Crippen LogP contribution is -2.10. The molecular weight excluding hydrogens is 192 g/mol. The molecule has 82 valence electrons. The van der Waals surface area contributed by atoms with Gasteiger partial charge in [0.05, 0.1) is 19.8 Å². The van der Waals surface area contributed by atoms with Crippen LogP contribution < -0.4 is 15.2 Å². The van der Waals surface area contributed by atoms with Crippen LogP contribution in [0.5, 0.6) is 11.6 Å². The average Bonchev–Trinajstić information content (AvgIpc) is 2.25. The highest BCUT2D eigenvalue weighted by atomic mass is 16.5. The van der Waals surface area contributed by atoms with E-state index in [2.05, 4.69) is 4.98 Å². The van der Waals surface area contributed by atoms with Crippen molar-refractivity contribution in [3.8, 4) is 11.6 Å². The fourth-order valence-corrected chi connectivity index (χ4v) is 1.18. The van der Waals surface area contributed by atoms with Crippen molar-refractivity contribution >= 4 is 6.08 Å². The van der Waals surface area contributed by atoms with E-state index in [1.54, 1.807) is 26.5 Å². The van der Waals surface area contributed by atoms with E-state index in [-0.39, 0.29) is 6.04 Å². The molecule has 0 aliphatic heterocycles. The molecule has 0 aliphatic rings. The minimum Gasteiger partial charge on any atom is -0.496 e. The molecule has 0 amide bonds. The number of aromatic nitrogens is 1. The monoisotopic (exact) mass is 208 g/mol. The van der Waals surface area contributed by atoms with E-state index in [0.717, 1.165) is 11.3 Å². The summed E-state index contributed by atoms with van der Waals surface area (Å²) in [7, 11) is 3.18. The summed E-state index contributed by atoms with van der Waals surface area (Å²) in [6.07, 6.45) is 5.36. The van der Waals surface area contributed by atoms with Gasteiger partial charge in [0.1, 0.15) is 5.75 Å². The largest absolute Gasteiger partial charge is 0.496 e. The van der Waals surface area contributed by atoms with Gasteiger partial charge in [0.15, 0.2) is 0 Å². The van der Waals surface area contributed by atoms with Crippen LogP contribution in [0.3, 0.4) is 0 Å². The smallest absolute Gasteiger partial charge is 0.224 e. The SMILES string of the molecule is COc1ccnc(OC)c1/C=C/C(C)N. The van der Waals surface area contributed by atoms with Crippen LogP contribution in [-0.4, -0.2) is 25.2 Å². The Kier molecular flexibility index (Phi) is 4.12. The molecule has 1 unspecified atom stereocenters. The second-order valence-electron chi connectivity index (χ2n) is 3.15. The first-order valence-corrected chi connectivity index (χ1v) is 4.69. The van der Waals surface area contributed by atoms with Gasteiger partial charge in [0, 0.05) is 12.2 Å². The van der Waals surface area contributed by atoms with Gasteiger partial charge in [0.2, 0.25) is 5.88 Å². The number of rotatable bonds is 4. The van der Waals surface area contributed by atoms with E-state index in [0.29, 0.717) is 5.88 Å². The molecule has 0 saturated carbocycles. The highest BCUT2D eigenvalue weighted by Gasteiger charge is 2.07. The normalized spacial score (nSPS) is 12.8. The van der Waals surface area contributed by atoms with E-state index in [1.807, 2.05) is 19.1 Å². The molecule has 0 fully saturated rings. The third kappa shape index (κ3) is 2.95. The Morgan fingerprint density at radius 3 is 2.67 bits per heavy atom. The quantitative estimate of drug-likeness (QED) is 0.813. The van der Waals surface area contributed by atoms with Crippen molar-refractivity contribution in [2.45, 2.75) is 13.0 Å². The maximum atomic E-state index is 5.63. The molecule has 1 aromatic heterocycles. The van der Waals surface area contributed by atoms with Crippen LogP contribution in [0.25, 0.3) is 6.08 Å². The summed E-state index contributed by atoms with van der Waals surface area (Å²) in [5.74, 6) is 1.25. The van der Waals surface area contributed by atoms with Gasteiger partial charge in [-0.2, -0.15) is 0 Å². The summed E-state index contributed by atoms with van der Waals surface area (Å²) in [6, 6.07) is 1.77.